The zero-order valence-corrected chi connectivity index (χ0v) is 14.6. The minimum atomic E-state index is -0.127. The fourth-order valence-electron chi connectivity index (χ4n) is 1.99. The Morgan fingerprint density at radius 3 is 2.59 bits per heavy atom. The number of halogens is 1. The molecule has 1 amide bonds. The van der Waals surface area contributed by atoms with Gasteiger partial charge in [-0.3, -0.25) is 9.59 Å². The highest BCUT2D eigenvalue weighted by atomic mass is 127. The molecule has 4 nitrogen and oxygen atoms in total. The van der Waals surface area contributed by atoms with Crippen LogP contribution in [0.4, 0.5) is 11.4 Å². The van der Waals surface area contributed by atoms with Crippen molar-refractivity contribution in [1.29, 1.82) is 0 Å². The van der Waals surface area contributed by atoms with Crippen LogP contribution in [0.3, 0.4) is 0 Å². The van der Waals surface area contributed by atoms with Gasteiger partial charge < -0.3 is 10.6 Å². The summed E-state index contributed by atoms with van der Waals surface area (Å²) in [6.07, 6.45) is 0. The zero-order chi connectivity index (χ0) is 16.1. The van der Waals surface area contributed by atoms with Gasteiger partial charge in [0, 0.05) is 20.5 Å². The minimum Gasteiger partial charge on any atom is -0.376 e. The van der Waals surface area contributed by atoms with Gasteiger partial charge in [-0.25, -0.2) is 0 Å². The van der Waals surface area contributed by atoms with E-state index >= 15 is 0 Å². The van der Waals surface area contributed by atoms with Crippen molar-refractivity contribution in [2.75, 3.05) is 17.2 Å². The number of nitrogens with one attached hydrogen (secondary N) is 2. The third-order valence-corrected chi connectivity index (χ3v) is 3.86. The number of ketones is 1. The molecule has 2 rings (SSSR count). The smallest absolute Gasteiger partial charge is 0.243 e. The van der Waals surface area contributed by atoms with E-state index < -0.39 is 0 Å². The predicted molar refractivity (Wildman–Crippen MR) is 97.5 cm³/mol. The average Bonchev–Trinajstić information content (AvgIpc) is 2.48. The fraction of sp³-hybridized carbons (Fsp3) is 0.176. The summed E-state index contributed by atoms with van der Waals surface area (Å²) in [7, 11) is 0. The van der Waals surface area contributed by atoms with Crippen molar-refractivity contribution >= 4 is 45.7 Å². The number of amides is 1. The number of hydrogen-bond donors (Lipinski definition) is 2. The largest absolute Gasteiger partial charge is 0.376 e. The molecule has 0 heterocycles. The monoisotopic (exact) mass is 408 g/mol. The SMILES string of the molecule is CC(=O)c1cccc(NCC(=O)Nc2ccc(I)cc2C)c1. The van der Waals surface area contributed by atoms with E-state index in [9.17, 15) is 9.59 Å². The molecule has 2 N–H and O–H groups in total. The van der Waals surface area contributed by atoms with Crippen LogP contribution < -0.4 is 10.6 Å². The minimum absolute atomic E-state index is 0.00242. The van der Waals surface area contributed by atoms with Crippen LogP contribution in [0.15, 0.2) is 42.5 Å². The van der Waals surface area contributed by atoms with Crippen LogP contribution in [0.2, 0.25) is 0 Å². The van der Waals surface area contributed by atoms with Crippen molar-refractivity contribution < 1.29 is 9.59 Å². The maximum atomic E-state index is 12.0. The third-order valence-electron chi connectivity index (χ3n) is 3.18. The van der Waals surface area contributed by atoms with Crippen molar-refractivity contribution in [1.82, 2.24) is 0 Å². The first-order valence-corrected chi connectivity index (χ1v) is 7.94. The molecule has 22 heavy (non-hydrogen) atoms. The molecule has 0 saturated heterocycles. The average molecular weight is 408 g/mol. The summed E-state index contributed by atoms with van der Waals surface area (Å²) in [5, 5.41) is 5.90. The molecule has 0 aliphatic carbocycles. The molecule has 0 aliphatic rings. The van der Waals surface area contributed by atoms with E-state index in [0.717, 1.165) is 20.5 Å². The number of anilines is 2. The topological polar surface area (TPSA) is 58.2 Å². The number of Topliss-reactive ketones (excluding diaryl/α,β-unsaturated/α-hetero) is 1. The van der Waals surface area contributed by atoms with Crippen LogP contribution in [0, 0.1) is 10.5 Å². The summed E-state index contributed by atoms with van der Waals surface area (Å²) in [6.45, 7) is 3.62. The summed E-state index contributed by atoms with van der Waals surface area (Å²) in [5.74, 6) is -0.125. The van der Waals surface area contributed by atoms with E-state index in [1.165, 1.54) is 6.92 Å². The third kappa shape index (κ3) is 4.56. The van der Waals surface area contributed by atoms with E-state index in [2.05, 4.69) is 33.2 Å². The van der Waals surface area contributed by atoms with Crippen LogP contribution in [0.5, 0.6) is 0 Å². The van der Waals surface area contributed by atoms with Gasteiger partial charge in [-0.15, -0.1) is 0 Å². The zero-order valence-electron chi connectivity index (χ0n) is 12.4. The van der Waals surface area contributed by atoms with Gasteiger partial charge in [-0.1, -0.05) is 12.1 Å². The van der Waals surface area contributed by atoms with Gasteiger partial charge in [-0.05, 0) is 72.3 Å². The highest BCUT2D eigenvalue weighted by molar-refractivity contribution is 14.1. The number of hydrogen-bond acceptors (Lipinski definition) is 3. The molecule has 0 aromatic heterocycles. The first-order valence-electron chi connectivity index (χ1n) is 6.86. The van der Waals surface area contributed by atoms with Crippen LogP contribution in [-0.4, -0.2) is 18.2 Å². The van der Waals surface area contributed by atoms with Gasteiger partial charge in [0.25, 0.3) is 0 Å². The van der Waals surface area contributed by atoms with Gasteiger partial charge in [0.05, 0.1) is 6.54 Å². The van der Waals surface area contributed by atoms with Crippen LogP contribution >= 0.6 is 22.6 Å². The van der Waals surface area contributed by atoms with Crippen LogP contribution in [0.25, 0.3) is 0 Å². The lowest BCUT2D eigenvalue weighted by Crippen LogP contribution is -2.22. The Bertz CT molecular complexity index is 714. The number of carbonyl (C=O) groups excluding carboxylic acids is 2. The first kappa shape index (κ1) is 16.5. The molecule has 0 bridgehead atoms. The maximum absolute atomic E-state index is 12.0. The number of aryl methyl sites for hydroxylation is 1. The van der Waals surface area contributed by atoms with Crippen LogP contribution in [0.1, 0.15) is 22.8 Å². The lowest BCUT2D eigenvalue weighted by Gasteiger charge is -2.10. The van der Waals surface area contributed by atoms with Crippen LogP contribution in [-0.2, 0) is 4.79 Å². The standard InChI is InChI=1S/C17H17IN2O2/c1-11-8-14(18)6-7-16(11)20-17(22)10-19-15-5-3-4-13(9-15)12(2)21/h3-9,19H,10H2,1-2H3,(H,20,22). The molecule has 0 aliphatic heterocycles. The normalized spacial score (nSPS) is 10.1. The molecule has 5 heteroatoms. The second-order valence-electron chi connectivity index (χ2n) is 5.00. The fourth-order valence-corrected chi connectivity index (χ4v) is 2.64. The molecular formula is C17H17IN2O2. The Morgan fingerprint density at radius 1 is 1.14 bits per heavy atom. The van der Waals surface area contributed by atoms with Gasteiger partial charge in [-0.2, -0.15) is 0 Å². The molecule has 0 saturated carbocycles. The summed E-state index contributed by atoms with van der Waals surface area (Å²) in [6, 6.07) is 13.0. The maximum Gasteiger partial charge on any atom is 0.243 e. The molecule has 114 valence electrons. The highest BCUT2D eigenvalue weighted by Gasteiger charge is 2.06. The summed E-state index contributed by atoms with van der Waals surface area (Å²) in [4.78, 5) is 23.3. The molecule has 2 aromatic rings. The highest BCUT2D eigenvalue weighted by Crippen LogP contribution is 2.17. The first-order chi connectivity index (χ1) is 10.5. The summed E-state index contributed by atoms with van der Waals surface area (Å²) >= 11 is 2.24. The van der Waals surface area contributed by atoms with Crippen molar-refractivity contribution in [2.45, 2.75) is 13.8 Å². The van der Waals surface area contributed by atoms with Crippen molar-refractivity contribution in [2.24, 2.45) is 0 Å². The Balaban J connectivity index is 1.95. The van der Waals surface area contributed by atoms with E-state index in [1.54, 1.807) is 18.2 Å². The lowest BCUT2D eigenvalue weighted by atomic mass is 10.1. The molecule has 0 fully saturated rings. The Labute approximate surface area is 143 Å². The van der Waals surface area contributed by atoms with E-state index in [4.69, 9.17) is 0 Å². The van der Waals surface area contributed by atoms with E-state index in [1.807, 2.05) is 31.2 Å². The lowest BCUT2D eigenvalue weighted by molar-refractivity contribution is -0.114. The summed E-state index contributed by atoms with van der Waals surface area (Å²) < 4.78 is 1.13. The molecule has 0 unspecified atom stereocenters. The second kappa shape index (κ2) is 7.40. The molecule has 0 spiro atoms. The summed E-state index contributed by atoms with van der Waals surface area (Å²) in [5.41, 5.74) is 3.21. The Hall–Kier alpha value is -1.89. The van der Waals surface area contributed by atoms with Gasteiger partial charge >= 0.3 is 0 Å². The Morgan fingerprint density at radius 2 is 1.91 bits per heavy atom. The Kier molecular flexibility index (Phi) is 5.54. The number of benzene rings is 2. The molecule has 0 radical (unpaired) electrons. The van der Waals surface area contributed by atoms with Gasteiger partial charge in [0.2, 0.25) is 5.91 Å². The van der Waals surface area contributed by atoms with E-state index in [0.29, 0.717) is 5.56 Å². The quantitative estimate of drug-likeness (QED) is 0.584. The molecular weight excluding hydrogens is 391 g/mol. The number of rotatable bonds is 5. The van der Waals surface area contributed by atoms with Crippen molar-refractivity contribution in [3.05, 3.63) is 57.2 Å². The second-order valence-corrected chi connectivity index (χ2v) is 6.24. The number of carbonyl (C=O) groups is 2. The van der Waals surface area contributed by atoms with Gasteiger partial charge in [0.15, 0.2) is 5.78 Å². The van der Waals surface area contributed by atoms with Crippen molar-refractivity contribution in [3.63, 3.8) is 0 Å². The molecule has 0 atom stereocenters. The predicted octanol–water partition coefficient (Wildman–Crippen LogP) is 3.85. The van der Waals surface area contributed by atoms with E-state index in [-0.39, 0.29) is 18.2 Å². The van der Waals surface area contributed by atoms with Gasteiger partial charge in [0.1, 0.15) is 0 Å². The molecule has 2 aromatic carbocycles. The van der Waals surface area contributed by atoms with Crippen molar-refractivity contribution in [3.8, 4) is 0 Å².